The molecule has 17 heavy (non-hydrogen) atoms. The van der Waals surface area contributed by atoms with E-state index >= 15 is 0 Å². The zero-order valence-corrected chi connectivity index (χ0v) is 10.7. The molecule has 0 aromatic heterocycles. The third-order valence-corrected chi connectivity index (χ3v) is 3.30. The van der Waals surface area contributed by atoms with Crippen LogP contribution in [0, 0.1) is 0 Å². The van der Waals surface area contributed by atoms with Crippen LogP contribution in [0.5, 0.6) is 11.5 Å². The predicted octanol–water partition coefficient (Wildman–Crippen LogP) is 2.56. The molecule has 3 heteroatoms. The SMILES string of the molecule is CCOc1c(OC)cccc1C1CCNCC1. The Balaban J connectivity index is 2.30. The van der Waals surface area contributed by atoms with Gasteiger partial charge in [-0.15, -0.1) is 0 Å². The van der Waals surface area contributed by atoms with E-state index in [1.54, 1.807) is 7.11 Å². The van der Waals surface area contributed by atoms with Crippen molar-refractivity contribution in [2.24, 2.45) is 0 Å². The summed E-state index contributed by atoms with van der Waals surface area (Å²) < 4.78 is 11.2. The van der Waals surface area contributed by atoms with E-state index in [0.717, 1.165) is 24.6 Å². The molecule has 1 aliphatic rings. The summed E-state index contributed by atoms with van der Waals surface area (Å²) in [5.41, 5.74) is 1.30. The molecule has 2 rings (SSSR count). The number of ether oxygens (including phenoxy) is 2. The van der Waals surface area contributed by atoms with E-state index in [1.807, 2.05) is 13.0 Å². The van der Waals surface area contributed by atoms with Crippen molar-refractivity contribution >= 4 is 0 Å². The molecule has 0 amide bonds. The van der Waals surface area contributed by atoms with Crippen molar-refractivity contribution in [1.82, 2.24) is 5.32 Å². The topological polar surface area (TPSA) is 30.5 Å². The Hall–Kier alpha value is -1.22. The zero-order valence-electron chi connectivity index (χ0n) is 10.7. The largest absolute Gasteiger partial charge is 0.493 e. The zero-order chi connectivity index (χ0) is 12.1. The van der Waals surface area contributed by atoms with Gasteiger partial charge in [0.1, 0.15) is 0 Å². The molecule has 0 spiro atoms. The normalized spacial score (nSPS) is 16.8. The highest BCUT2D eigenvalue weighted by atomic mass is 16.5. The molecule has 0 aliphatic carbocycles. The van der Waals surface area contributed by atoms with Gasteiger partial charge >= 0.3 is 0 Å². The quantitative estimate of drug-likeness (QED) is 0.870. The Labute approximate surface area is 103 Å². The summed E-state index contributed by atoms with van der Waals surface area (Å²) in [6.45, 7) is 4.87. The van der Waals surface area contributed by atoms with Crippen LogP contribution in [0.3, 0.4) is 0 Å². The van der Waals surface area contributed by atoms with E-state index in [4.69, 9.17) is 9.47 Å². The standard InChI is InChI=1S/C14H21NO2/c1-3-17-14-12(5-4-6-13(14)16-2)11-7-9-15-10-8-11/h4-6,11,15H,3,7-10H2,1-2H3. The molecular formula is C14H21NO2. The van der Waals surface area contributed by atoms with Crippen molar-refractivity contribution in [3.63, 3.8) is 0 Å². The number of piperidine rings is 1. The van der Waals surface area contributed by atoms with Crippen molar-refractivity contribution in [1.29, 1.82) is 0 Å². The number of hydrogen-bond acceptors (Lipinski definition) is 3. The molecule has 1 aromatic rings. The van der Waals surface area contributed by atoms with Gasteiger partial charge in [0.15, 0.2) is 11.5 Å². The first-order valence-corrected chi connectivity index (χ1v) is 6.37. The average Bonchev–Trinajstić information content (AvgIpc) is 2.40. The van der Waals surface area contributed by atoms with Gasteiger partial charge in [-0.25, -0.2) is 0 Å². The molecule has 1 saturated heterocycles. The molecule has 0 bridgehead atoms. The molecule has 0 saturated carbocycles. The molecule has 1 aromatic carbocycles. The van der Waals surface area contributed by atoms with Crippen LogP contribution < -0.4 is 14.8 Å². The average molecular weight is 235 g/mol. The summed E-state index contributed by atoms with van der Waals surface area (Å²) in [4.78, 5) is 0. The first-order valence-electron chi connectivity index (χ1n) is 6.37. The van der Waals surface area contributed by atoms with Crippen LogP contribution in [0.2, 0.25) is 0 Å². The second-order valence-corrected chi connectivity index (χ2v) is 4.34. The number of hydrogen-bond donors (Lipinski definition) is 1. The summed E-state index contributed by atoms with van der Waals surface area (Å²) in [6.07, 6.45) is 2.35. The lowest BCUT2D eigenvalue weighted by Crippen LogP contribution is -2.26. The van der Waals surface area contributed by atoms with Gasteiger partial charge in [-0.3, -0.25) is 0 Å². The molecule has 1 heterocycles. The highest BCUT2D eigenvalue weighted by Crippen LogP contribution is 2.38. The Bertz CT molecular complexity index is 359. The minimum Gasteiger partial charge on any atom is -0.493 e. The summed E-state index contributed by atoms with van der Waals surface area (Å²) in [5, 5.41) is 3.39. The molecule has 3 nitrogen and oxygen atoms in total. The fourth-order valence-corrected chi connectivity index (χ4v) is 2.45. The molecule has 94 valence electrons. The van der Waals surface area contributed by atoms with E-state index < -0.39 is 0 Å². The van der Waals surface area contributed by atoms with Gasteiger partial charge in [0.05, 0.1) is 13.7 Å². The minimum absolute atomic E-state index is 0.591. The fraction of sp³-hybridized carbons (Fsp3) is 0.571. The molecule has 1 fully saturated rings. The van der Waals surface area contributed by atoms with Crippen molar-refractivity contribution in [2.45, 2.75) is 25.7 Å². The van der Waals surface area contributed by atoms with Gasteiger partial charge in [-0.05, 0) is 44.8 Å². The summed E-state index contributed by atoms with van der Waals surface area (Å²) >= 11 is 0. The van der Waals surface area contributed by atoms with E-state index in [9.17, 15) is 0 Å². The van der Waals surface area contributed by atoms with Gasteiger partial charge in [-0.1, -0.05) is 12.1 Å². The Kier molecular flexibility index (Phi) is 4.26. The molecule has 1 aliphatic heterocycles. The highest BCUT2D eigenvalue weighted by Gasteiger charge is 2.21. The van der Waals surface area contributed by atoms with Crippen molar-refractivity contribution in [2.75, 3.05) is 26.8 Å². The molecule has 0 atom stereocenters. The van der Waals surface area contributed by atoms with Crippen molar-refractivity contribution < 1.29 is 9.47 Å². The van der Waals surface area contributed by atoms with Gasteiger partial charge in [0.2, 0.25) is 0 Å². The molecular weight excluding hydrogens is 214 g/mol. The second-order valence-electron chi connectivity index (χ2n) is 4.34. The van der Waals surface area contributed by atoms with Gasteiger partial charge in [0.25, 0.3) is 0 Å². The molecule has 0 radical (unpaired) electrons. The van der Waals surface area contributed by atoms with Gasteiger partial charge < -0.3 is 14.8 Å². The minimum atomic E-state index is 0.591. The van der Waals surface area contributed by atoms with Crippen LogP contribution in [0.1, 0.15) is 31.2 Å². The van der Waals surface area contributed by atoms with Crippen LogP contribution in [0.25, 0.3) is 0 Å². The fourth-order valence-electron chi connectivity index (χ4n) is 2.45. The first kappa shape index (κ1) is 12.2. The van der Waals surface area contributed by atoms with Gasteiger partial charge in [0, 0.05) is 5.56 Å². The number of benzene rings is 1. The third-order valence-electron chi connectivity index (χ3n) is 3.30. The van der Waals surface area contributed by atoms with E-state index in [1.165, 1.54) is 18.4 Å². The number of rotatable bonds is 4. The predicted molar refractivity (Wildman–Crippen MR) is 69.0 cm³/mol. The summed E-state index contributed by atoms with van der Waals surface area (Å²) in [5.74, 6) is 2.38. The summed E-state index contributed by atoms with van der Waals surface area (Å²) in [6, 6.07) is 6.19. The maximum atomic E-state index is 5.77. The maximum absolute atomic E-state index is 5.77. The lowest BCUT2D eigenvalue weighted by molar-refractivity contribution is 0.302. The Morgan fingerprint density at radius 3 is 2.71 bits per heavy atom. The third kappa shape index (κ3) is 2.72. The smallest absolute Gasteiger partial charge is 0.164 e. The van der Waals surface area contributed by atoms with Crippen LogP contribution in [-0.2, 0) is 0 Å². The van der Waals surface area contributed by atoms with E-state index in [-0.39, 0.29) is 0 Å². The molecule has 0 unspecified atom stereocenters. The lowest BCUT2D eigenvalue weighted by Gasteiger charge is -2.25. The maximum Gasteiger partial charge on any atom is 0.164 e. The van der Waals surface area contributed by atoms with Crippen LogP contribution in [0.15, 0.2) is 18.2 Å². The Morgan fingerprint density at radius 1 is 1.29 bits per heavy atom. The van der Waals surface area contributed by atoms with Crippen LogP contribution in [-0.4, -0.2) is 26.8 Å². The second kappa shape index (κ2) is 5.92. The Morgan fingerprint density at radius 2 is 2.06 bits per heavy atom. The van der Waals surface area contributed by atoms with Crippen molar-refractivity contribution in [3.8, 4) is 11.5 Å². The van der Waals surface area contributed by atoms with E-state index in [2.05, 4.69) is 17.4 Å². The number of para-hydroxylation sites is 1. The first-order chi connectivity index (χ1) is 8.36. The van der Waals surface area contributed by atoms with Gasteiger partial charge in [-0.2, -0.15) is 0 Å². The lowest BCUT2D eigenvalue weighted by atomic mass is 9.89. The summed E-state index contributed by atoms with van der Waals surface area (Å²) in [7, 11) is 1.70. The number of methoxy groups -OCH3 is 1. The van der Waals surface area contributed by atoms with E-state index in [0.29, 0.717) is 12.5 Å². The monoisotopic (exact) mass is 235 g/mol. The highest BCUT2D eigenvalue weighted by molar-refractivity contribution is 5.48. The van der Waals surface area contributed by atoms with Crippen molar-refractivity contribution in [3.05, 3.63) is 23.8 Å². The number of nitrogens with one attached hydrogen (secondary N) is 1. The molecule has 1 N–H and O–H groups in total. The van der Waals surface area contributed by atoms with Crippen LogP contribution in [0.4, 0.5) is 0 Å². The van der Waals surface area contributed by atoms with Crippen LogP contribution >= 0.6 is 0 Å².